The predicted molar refractivity (Wildman–Crippen MR) is 104 cm³/mol. The molecule has 0 radical (unpaired) electrons. The SMILES string of the molecule is COc1ccccc1CN1CCC(NC(=O)CCSc2nnnn2C)CC1. The van der Waals surface area contributed by atoms with Crippen LogP contribution in [0.5, 0.6) is 5.75 Å². The van der Waals surface area contributed by atoms with Crippen LogP contribution < -0.4 is 10.1 Å². The van der Waals surface area contributed by atoms with Crippen molar-refractivity contribution in [2.45, 2.75) is 37.0 Å². The van der Waals surface area contributed by atoms with Crippen LogP contribution in [0.2, 0.25) is 0 Å². The van der Waals surface area contributed by atoms with Gasteiger partial charge >= 0.3 is 0 Å². The van der Waals surface area contributed by atoms with Crippen molar-refractivity contribution in [3.63, 3.8) is 0 Å². The molecule has 27 heavy (non-hydrogen) atoms. The molecule has 1 amide bonds. The van der Waals surface area contributed by atoms with Gasteiger partial charge in [-0.15, -0.1) is 5.10 Å². The molecule has 1 aromatic carbocycles. The van der Waals surface area contributed by atoms with E-state index in [0.29, 0.717) is 12.2 Å². The summed E-state index contributed by atoms with van der Waals surface area (Å²) in [5, 5.41) is 15.2. The number of benzene rings is 1. The van der Waals surface area contributed by atoms with Crippen LogP contribution in [-0.2, 0) is 18.4 Å². The van der Waals surface area contributed by atoms with Gasteiger partial charge in [-0.3, -0.25) is 9.69 Å². The van der Waals surface area contributed by atoms with Gasteiger partial charge in [0.2, 0.25) is 11.1 Å². The smallest absolute Gasteiger partial charge is 0.221 e. The van der Waals surface area contributed by atoms with Crippen molar-refractivity contribution in [2.24, 2.45) is 7.05 Å². The van der Waals surface area contributed by atoms with E-state index >= 15 is 0 Å². The second kappa shape index (κ2) is 9.70. The first-order chi connectivity index (χ1) is 13.2. The Morgan fingerprint density at radius 3 is 2.81 bits per heavy atom. The van der Waals surface area contributed by atoms with E-state index in [2.05, 4.69) is 31.8 Å². The first-order valence-corrected chi connectivity index (χ1v) is 10.1. The lowest BCUT2D eigenvalue weighted by Crippen LogP contribution is -2.44. The average molecular weight is 391 g/mol. The molecule has 1 saturated heterocycles. The van der Waals surface area contributed by atoms with Crippen molar-refractivity contribution in [1.82, 2.24) is 30.4 Å². The molecule has 146 valence electrons. The monoisotopic (exact) mass is 390 g/mol. The normalized spacial score (nSPS) is 15.6. The molecule has 2 heterocycles. The van der Waals surface area contributed by atoms with Gasteiger partial charge < -0.3 is 10.1 Å². The Morgan fingerprint density at radius 1 is 1.33 bits per heavy atom. The van der Waals surface area contributed by atoms with Gasteiger partial charge in [0, 0.05) is 50.5 Å². The first kappa shape index (κ1) is 19.6. The minimum atomic E-state index is 0.0980. The summed E-state index contributed by atoms with van der Waals surface area (Å²) >= 11 is 1.50. The lowest BCUT2D eigenvalue weighted by Gasteiger charge is -2.32. The van der Waals surface area contributed by atoms with Crippen molar-refractivity contribution in [1.29, 1.82) is 0 Å². The molecule has 1 aliphatic rings. The van der Waals surface area contributed by atoms with Gasteiger partial charge in [0.1, 0.15) is 5.75 Å². The van der Waals surface area contributed by atoms with E-state index in [9.17, 15) is 4.79 Å². The van der Waals surface area contributed by atoms with Crippen molar-refractivity contribution in [3.05, 3.63) is 29.8 Å². The summed E-state index contributed by atoms with van der Waals surface area (Å²) in [6.45, 7) is 2.83. The van der Waals surface area contributed by atoms with Crippen LogP contribution >= 0.6 is 11.8 Å². The van der Waals surface area contributed by atoms with E-state index in [4.69, 9.17) is 4.74 Å². The molecule has 3 rings (SSSR count). The first-order valence-electron chi connectivity index (χ1n) is 9.14. The quantitative estimate of drug-likeness (QED) is 0.684. The molecule has 1 aliphatic heterocycles. The summed E-state index contributed by atoms with van der Waals surface area (Å²) in [6.07, 6.45) is 2.42. The van der Waals surface area contributed by atoms with E-state index in [0.717, 1.165) is 43.4 Å². The number of hydrogen-bond acceptors (Lipinski definition) is 7. The van der Waals surface area contributed by atoms with Gasteiger partial charge in [-0.2, -0.15) is 0 Å². The van der Waals surface area contributed by atoms with Gasteiger partial charge in [-0.25, -0.2) is 4.68 Å². The summed E-state index contributed by atoms with van der Waals surface area (Å²) in [5.41, 5.74) is 1.21. The topological polar surface area (TPSA) is 85.2 Å². The molecule has 0 unspecified atom stereocenters. The number of thioether (sulfide) groups is 1. The van der Waals surface area contributed by atoms with E-state index in [1.165, 1.54) is 17.3 Å². The van der Waals surface area contributed by atoms with Gasteiger partial charge in [-0.1, -0.05) is 30.0 Å². The summed E-state index contributed by atoms with van der Waals surface area (Å²) in [6, 6.07) is 8.39. The molecule has 0 atom stereocenters. The fourth-order valence-corrected chi connectivity index (χ4v) is 3.98. The number of methoxy groups -OCH3 is 1. The van der Waals surface area contributed by atoms with E-state index in [1.807, 2.05) is 18.2 Å². The largest absolute Gasteiger partial charge is 0.496 e. The number of likely N-dealkylation sites (tertiary alicyclic amines) is 1. The van der Waals surface area contributed by atoms with Crippen molar-refractivity contribution >= 4 is 17.7 Å². The Hall–Kier alpha value is -2.13. The highest BCUT2D eigenvalue weighted by molar-refractivity contribution is 7.99. The Kier molecular flexibility index (Phi) is 7.05. The maximum absolute atomic E-state index is 12.2. The number of hydrogen-bond donors (Lipinski definition) is 1. The standard InChI is InChI=1S/C18H26N6O2S/c1-23-18(20-21-22-23)27-12-9-17(25)19-15-7-10-24(11-8-15)13-14-5-3-4-6-16(14)26-2/h3-6,15H,7-13H2,1-2H3,(H,19,25). The van der Waals surface area contributed by atoms with Gasteiger partial charge in [0.15, 0.2) is 0 Å². The van der Waals surface area contributed by atoms with E-state index in [1.54, 1.807) is 18.8 Å². The van der Waals surface area contributed by atoms with Crippen LogP contribution in [0, 0.1) is 0 Å². The van der Waals surface area contributed by atoms with E-state index in [-0.39, 0.29) is 11.9 Å². The Balaban J connectivity index is 1.36. The second-order valence-electron chi connectivity index (χ2n) is 6.61. The Bertz CT molecular complexity index is 745. The number of nitrogens with zero attached hydrogens (tertiary/aromatic N) is 5. The van der Waals surface area contributed by atoms with Gasteiger partial charge in [0.05, 0.1) is 7.11 Å². The van der Waals surface area contributed by atoms with Crippen molar-refractivity contribution in [3.8, 4) is 5.75 Å². The van der Waals surface area contributed by atoms with Gasteiger partial charge in [0.25, 0.3) is 0 Å². The molecule has 0 bridgehead atoms. The third-order valence-electron chi connectivity index (χ3n) is 4.68. The molecule has 1 aromatic heterocycles. The number of rotatable bonds is 8. The van der Waals surface area contributed by atoms with Crippen molar-refractivity contribution < 1.29 is 9.53 Å². The number of carbonyl (C=O) groups is 1. The van der Waals surface area contributed by atoms with Crippen LogP contribution in [0.1, 0.15) is 24.8 Å². The number of para-hydroxylation sites is 1. The maximum atomic E-state index is 12.2. The molecule has 0 aliphatic carbocycles. The highest BCUT2D eigenvalue weighted by Crippen LogP contribution is 2.21. The lowest BCUT2D eigenvalue weighted by molar-refractivity contribution is -0.121. The van der Waals surface area contributed by atoms with Crippen LogP contribution in [-0.4, -0.2) is 63.0 Å². The number of aromatic nitrogens is 4. The lowest BCUT2D eigenvalue weighted by atomic mass is 10.0. The third kappa shape index (κ3) is 5.67. The predicted octanol–water partition coefficient (Wildman–Crippen LogP) is 1.48. The average Bonchev–Trinajstić information content (AvgIpc) is 3.09. The molecule has 9 heteroatoms. The molecule has 1 N–H and O–H groups in total. The number of piperidine rings is 1. The highest BCUT2D eigenvalue weighted by Gasteiger charge is 2.21. The highest BCUT2D eigenvalue weighted by atomic mass is 32.2. The van der Waals surface area contributed by atoms with Crippen LogP contribution in [0.25, 0.3) is 0 Å². The molecule has 2 aromatic rings. The zero-order valence-electron chi connectivity index (χ0n) is 15.8. The number of ether oxygens (including phenoxy) is 1. The summed E-state index contributed by atoms with van der Waals surface area (Å²) in [7, 11) is 3.50. The second-order valence-corrected chi connectivity index (χ2v) is 7.68. The Labute approximate surface area is 163 Å². The molecule has 1 fully saturated rings. The number of amides is 1. The number of aryl methyl sites for hydroxylation is 1. The zero-order valence-corrected chi connectivity index (χ0v) is 16.6. The third-order valence-corrected chi connectivity index (χ3v) is 5.69. The maximum Gasteiger partial charge on any atom is 0.221 e. The van der Waals surface area contributed by atoms with Crippen LogP contribution in [0.15, 0.2) is 29.4 Å². The molecular formula is C18H26N6O2S. The summed E-state index contributed by atoms with van der Waals surface area (Å²) in [4.78, 5) is 14.6. The van der Waals surface area contributed by atoms with Gasteiger partial charge in [-0.05, 0) is 29.3 Å². The molecule has 8 nitrogen and oxygen atoms in total. The van der Waals surface area contributed by atoms with Crippen molar-refractivity contribution in [2.75, 3.05) is 26.0 Å². The number of tetrazole rings is 1. The fourth-order valence-electron chi connectivity index (χ4n) is 3.19. The van der Waals surface area contributed by atoms with Crippen LogP contribution in [0.4, 0.5) is 0 Å². The van der Waals surface area contributed by atoms with Crippen LogP contribution in [0.3, 0.4) is 0 Å². The van der Waals surface area contributed by atoms with E-state index < -0.39 is 0 Å². The summed E-state index contributed by atoms with van der Waals surface area (Å²) < 4.78 is 7.04. The zero-order chi connectivity index (χ0) is 19.1. The Morgan fingerprint density at radius 2 is 2.11 bits per heavy atom. The molecule has 0 spiro atoms. The fraction of sp³-hybridized carbons (Fsp3) is 0.556. The number of nitrogens with one attached hydrogen (secondary N) is 1. The number of carbonyl (C=O) groups excluding carboxylic acids is 1. The minimum Gasteiger partial charge on any atom is -0.496 e. The minimum absolute atomic E-state index is 0.0980. The summed E-state index contributed by atoms with van der Waals surface area (Å²) in [5.74, 6) is 1.71. The molecule has 0 saturated carbocycles. The molecular weight excluding hydrogens is 364 g/mol.